The number of hydrogen-bond acceptors (Lipinski definition) is 6. The van der Waals surface area contributed by atoms with Gasteiger partial charge in [-0.3, -0.25) is 0 Å². The van der Waals surface area contributed by atoms with Gasteiger partial charge in [0.25, 0.3) is 0 Å². The zero-order valence-electron chi connectivity index (χ0n) is 11.8. The van der Waals surface area contributed by atoms with Gasteiger partial charge in [0.2, 0.25) is 0 Å². The van der Waals surface area contributed by atoms with Crippen LogP contribution in [0.2, 0.25) is 0 Å². The lowest BCUT2D eigenvalue weighted by molar-refractivity contribution is 0.850. The van der Waals surface area contributed by atoms with E-state index >= 15 is 0 Å². The van der Waals surface area contributed by atoms with Crippen LogP contribution in [0.15, 0.2) is 35.5 Å². The van der Waals surface area contributed by atoms with Gasteiger partial charge in [-0.15, -0.1) is 11.8 Å². The summed E-state index contributed by atoms with van der Waals surface area (Å²) in [6.07, 6.45) is 3.56. The molecule has 20 heavy (non-hydrogen) atoms. The number of nitrogens with two attached hydrogens (primary N) is 1. The summed E-state index contributed by atoms with van der Waals surface area (Å²) in [6.45, 7) is 4.18. The molecule has 4 N–H and O–H groups in total. The van der Waals surface area contributed by atoms with Gasteiger partial charge in [-0.05, 0) is 24.3 Å². The SMILES string of the molecule is CSc1ccccc1Nc1ncnc(NN)c1C(C)C. The summed E-state index contributed by atoms with van der Waals surface area (Å²) in [5.41, 5.74) is 4.64. The molecule has 0 radical (unpaired) electrons. The summed E-state index contributed by atoms with van der Waals surface area (Å²) in [4.78, 5) is 9.69. The molecule has 0 saturated carbocycles. The van der Waals surface area contributed by atoms with E-state index in [0.29, 0.717) is 5.82 Å². The van der Waals surface area contributed by atoms with Gasteiger partial charge in [-0.2, -0.15) is 0 Å². The molecule has 5 nitrogen and oxygen atoms in total. The number of hydrazine groups is 1. The van der Waals surface area contributed by atoms with Crippen molar-refractivity contribution >= 4 is 29.1 Å². The Morgan fingerprint density at radius 3 is 2.50 bits per heavy atom. The Bertz CT molecular complexity index is 586. The highest BCUT2D eigenvalue weighted by atomic mass is 32.2. The average molecular weight is 289 g/mol. The van der Waals surface area contributed by atoms with Gasteiger partial charge in [0, 0.05) is 10.5 Å². The highest BCUT2D eigenvalue weighted by molar-refractivity contribution is 7.98. The van der Waals surface area contributed by atoms with Crippen LogP contribution in [0.5, 0.6) is 0 Å². The van der Waals surface area contributed by atoms with Crippen LogP contribution in [0.3, 0.4) is 0 Å². The number of nitrogen functional groups attached to an aromatic ring is 1. The summed E-state index contributed by atoms with van der Waals surface area (Å²) in [5.74, 6) is 7.22. The number of rotatable bonds is 5. The number of nitrogens with one attached hydrogen (secondary N) is 2. The maximum Gasteiger partial charge on any atom is 0.148 e. The fourth-order valence-electron chi connectivity index (χ4n) is 2.03. The van der Waals surface area contributed by atoms with E-state index in [1.54, 1.807) is 11.8 Å². The van der Waals surface area contributed by atoms with E-state index in [4.69, 9.17) is 5.84 Å². The third-order valence-corrected chi connectivity index (χ3v) is 3.75. The predicted molar refractivity (Wildman–Crippen MR) is 85.4 cm³/mol. The van der Waals surface area contributed by atoms with Crippen LogP contribution < -0.4 is 16.6 Å². The quantitative estimate of drug-likeness (QED) is 0.445. The minimum absolute atomic E-state index is 0.256. The molecule has 1 aromatic carbocycles. The third kappa shape index (κ3) is 3.02. The van der Waals surface area contributed by atoms with Crippen molar-refractivity contribution in [2.24, 2.45) is 5.84 Å². The fourth-order valence-corrected chi connectivity index (χ4v) is 2.59. The van der Waals surface area contributed by atoms with Crippen LogP contribution in [-0.4, -0.2) is 16.2 Å². The normalized spacial score (nSPS) is 10.7. The monoisotopic (exact) mass is 289 g/mol. The van der Waals surface area contributed by atoms with Crippen molar-refractivity contribution in [2.45, 2.75) is 24.7 Å². The Balaban J connectivity index is 2.43. The molecule has 0 aliphatic heterocycles. The molecule has 0 amide bonds. The molecular weight excluding hydrogens is 270 g/mol. The molecule has 6 heteroatoms. The molecule has 0 fully saturated rings. The lowest BCUT2D eigenvalue weighted by Crippen LogP contribution is -2.14. The number of para-hydroxylation sites is 1. The maximum atomic E-state index is 5.53. The van der Waals surface area contributed by atoms with E-state index in [1.807, 2.05) is 18.2 Å². The number of benzene rings is 1. The second-order valence-corrected chi connectivity index (χ2v) is 5.46. The topological polar surface area (TPSA) is 75.9 Å². The molecule has 0 spiro atoms. The fraction of sp³-hybridized carbons (Fsp3) is 0.286. The summed E-state index contributed by atoms with van der Waals surface area (Å²) in [5, 5.41) is 3.38. The Morgan fingerprint density at radius 2 is 1.85 bits per heavy atom. The summed E-state index contributed by atoms with van der Waals surface area (Å²) < 4.78 is 0. The van der Waals surface area contributed by atoms with Crippen molar-refractivity contribution < 1.29 is 0 Å². The lowest BCUT2D eigenvalue weighted by atomic mass is 10.0. The maximum absolute atomic E-state index is 5.53. The second-order valence-electron chi connectivity index (χ2n) is 4.61. The molecule has 0 unspecified atom stereocenters. The molecule has 106 valence electrons. The van der Waals surface area contributed by atoms with E-state index in [2.05, 4.69) is 46.9 Å². The van der Waals surface area contributed by atoms with Crippen molar-refractivity contribution in [3.05, 3.63) is 36.2 Å². The highest BCUT2D eigenvalue weighted by Gasteiger charge is 2.15. The number of thioether (sulfide) groups is 1. The van der Waals surface area contributed by atoms with Crippen molar-refractivity contribution in [3.8, 4) is 0 Å². The van der Waals surface area contributed by atoms with E-state index in [1.165, 1.54) is 11.2 Å². The summed E-state index contributed by atoms with van der Waals surface area (Å²) in [6, 6.07) is 8.13. The molecule has 0 bridgehead atoms. The van der Waals surface area contributed by atoms with Crippen LogP contribution >= 0.6 is 11.8 Å². The van der Waals surface area contributed by atoms with E-state index in [-0.39, 0.29) is 5.92 Å². The third-order valence-electron chi connectivity index (χ3n) is 2.96. The molecular formula is C14H19N5S. The van der Waals surface area contributed by atoms with Crippen LogP contribution in [-0.2, 0) is 0 Å². The van der Waals surface area contributed by atoms with E-state index in [9.17, 15) is 0 Å². The first-order valence-electron chi connectivity index (χ1n) is 6.39. The predicted octanol–water partition coefficient (Wildman–Crippen LogP) is 3.35. The Morgan fingerprint density at radius 1 is 1.15 bits per heavy atom. The Labute approximate surface area is 123 Å². The van der Waals surface area contributed by atoms with Crippen molar-refractivity contribution in [3.63, 3.8) is 0 Å². The molecule has 0 saturated heterocycles. The summed E-state index contributed by atoms with van der Waals surface area (Å²) >= 11 is 1.69. The highest BCUT2D eigenvalue weighted by Crippen LogP contribution is 2.32. The Hall–Kier alpha value is -1.79. The van der Waals surface area contributed by atoms with Gasteiger partial charge in [0.05, 0.1) is 5.69 Å². The van der Waals surface area contributed by atoms with Gasteiger partial charge in [-0.1, -0.05) is 26.0 Å². The van der Waals surface area contributed by atoms with Gasteiger partial charge >= 0.3 is 0 Å². The summed E-state index contributed by atoms with van der Waals surface area (Å²) in [7, 11) is 0. The number of hydrogen-bond donors (Lipinski definition) is 3. The standard InChI is InChI=1S/C14H19N5S/c1-9(2)12-13(16-8-17-14(12)19-15)18-10-6-4-5-7-11(10)20-3/h4-9H,15H2,1-3H3,(H2,16,17,18,19). The second kappa shape index (κ2) is 6.58. The van der Waals surface area contributed by atoms with Crippen LogP contribution in [0, 0.1) is 0 Å². The van der Waals surface area contributed by atoms with E-state index < -0.39 is 0 Å². The molecule has 1 aromatic heterocycles. The Kier molecular flexibility index (Phi) is 4.81. The first-order chi connectivity index (χ1) is 9.67. The van der Waals surface area contributed by atoms with Crippen molar-refractivity contribution in [1.82, 2.24) is 9.97 Å². The van der Waals surface area contributed by atoms with E-state index in [0.717, 1.165) is 17.1 Å². The average Bonchev–Trinajstić information content (AvgIpc) is 2.47. The van der Waals surface area contributed by atoms with Crippen LogP contribution in [0.4, 0.5) is 17.3 Å². The zero-order chi connectivity index (χ0) is 14.5. The first kappa shape index (κ1) is 14.6. The molecule has 0 aliphatic rings. The van der Waals surface area contributed by atoms with Crippen molar-refractivity contribution in [2.75, 3.05) is 17.0 Å². The molecule has 1 heterocycles. The van der Waals surface area contributed by atoms with Crippen LogP contribution in [0.1, 0.15) is 25.3 Å². The first-order valence-corrected chi connectivity index (χ1v) is 7.61. The van der Waals surface area contributed by atoms with Gasteiger partial charge < -0.3 is 10.7 Å². The lowest BCUT2D eigenvalue weighted by Gasteiger charge is -2.17. The number of aromatic nitrogens is 2. The van der Waals surface area contributed by atoms with Gasteiger partial charge in [0.1, 0.15) is 18.0 Å². The minimum atomic E-state index is 0.256. The molecule has 0 atom stereocenters. The largest absolute Gasteiger partial charge is 0.339 e. The van der Waals surface area contributed by atoms with Crippen molar-refractivity contribution in [1.29, 1.82) is 0 Å². The molecule has 2 rings (SSSR count). The smallest absolute Gasteiger partial charge is 0.148 e. The van der Waals surface area contributed by atoms with Crippen LogP contribution in [0.25, 0.3) is 0 Å². The zero-order valence-corrected chi connectivity index (χ0v) is 12.7. The van der Waals surface area contributed by atoms with Gasteiger partial charge in [-0.25, -0.2) is 15.8 Å². The number of nitrogens with zero attached hydrogens (tertiary/aromatic N) is 2. The number of anilines is 3. The molecule has 0 aliphatic carbocycles. The van der Waals surface area contributed by atoms with Gasteiger partial charge in [0.15, 0.2) is 0 Å². The molecule has 2 aromatic rings. The minimum Gasteiger partial charge on any atom is -0.339 e.